The molecule has 0 bridgehead atoms. The average molecular weight is 457 g/mol. The maximum atomic E-state index is 14.0. The smallest absolute Gasteiger partial charge is 0.227 e. The first kappa shape index (κ1) is 23.4. The third kappa shape index (κ3) is 6.61. The number of piperazine rings is 1. The number of halogens is 1. The highest BCUT2D eigenvalue weighted by Gasteiger charge is 2.19. The summed E-state index contributed by atoms with van der Waals surface area (Å²) in [5.74, 6) is 0.989. The van der Waals surface area contributed by atoms with E-state index in [1.54, 1.807) is 6.07 Å². The van der Waals surface area contributed by atoms with E-state index in [9.17, 15) is 9.18 Å². The van der Waals surface area contributed by atoms with Crippen molar-refractivity contribution in [2.24, 2.45) is 0 Å². The fourth-order valence-electron chi connectivity index (χ4n) is 4.22. The summed E-state index contributed by atoms with van der Waals surface area (Å²) in [6.07, 6.45) is 4.71. The summed E-state index contributed by atoms with van der Waals surface area (Å²) in [4.78, 5) is 23.3. The molecule has 0 spiro atoms. The summed E-state index contributed by atoms with van der Waals surface area (Å²) >= 11 is 0. The maximum absolute atomic E-state index is 14.0. The van der Waals surface area contributed by atoms with Crippen molar-refractivity contribution in [2.45, 2.75) is 25.7 Å². The lowest BCUT2D eigenvalue weighted by atomic mass is 10.1. The summed E-state index contributed by atoms with van der Waals surface area (Å²) in [6.45, 7) is 6.86. The summed E-state index contributed by atoms with van der Waals surface area (Å²) < 4.78 is 19.3. The predicted molar refractivity (Wildman–Crippen MR) is 125 cm³/mol. The Hall–Kier alpha value is -2.78. The van der Waals surface area contributed by atoms with E-state index < -0.39 is 0 Å². The van der Waals surface area contributed by atoms with Gasteiger partial charge in [-0.1, -0.05) is 23.4 Å². The summed E-state index contributed by atoms with van der Waals surface area (Å²) in [7, 11) is 2.09. The number of amides is 1. The van der Waals surface area contributed by atoms with E-state index in [2.05, 4.69) is 43.3 Å². The topological polar surface area (TPSA) is 77.7 Å². The number of hydrogen-bond donors (Lipinski definition) is 1. The first-order chi connectivity index (χ1) is 16.1. The summed E-state index contributed by atoms with van der Waals surface area (Å²) in [5.41, 5.74) is 1.79. The van der Waals surface area contributed by atoms with Crippen molar-refractivity contribution < 1.29 is 13.7 Å². The molecule has 2 aliphatic heterocycles. The molecule has 4 rings (SSSR count). The number of aryl methyl sites for hydroxylation is 1. The van der Waals surface area contributed by atoms with Crippen LogP contribution in [0.5, 0.6) is 0 Å². The summed E-state index contributed by atoms with van der Waals surface area (Å²) in [5, 5.41) is 7.04. The molecule has 33 heavy (non-hydrogen) atoms. The second kappa shape index (κ2) is 11.4. The van der Waals surface area contributed by atoms with Crippen molar-refractivity contribution in [3.63, 3.8) is 0 Å². The zero-order chi connectivity index (χ0) is 23.0. The number of carbonyl (C=O) groups is 1. The number of hydrogen-bond acceptors (Lipinski definition) is 7. The Morgan fingerprint density at radius 2 is 2.00 bits per heavy atom. The van der Waals surface area contributed by atoms with Crippen molar-refractivity contribution in [2.75, 3.05) is 64.3 Å². The van der Waals surface area contributed by atoms with Gasteiger partial charge in [0.1, 0.15) is 5.82 Å². The maximum Gasteiger partial charge on any atom is 0.227 e. The van der Waals surface area contributed by atoms with Crippen LogP contribution in [0.25, 0.3) is 5.57 Å². The molecule has 2 aromatic rings. The molecule has 9 heteroatoms. The lowest BCUT2D eigenvalue weighted by molar-refractivity contribution is -0.121. The van der Waals surface area contributed by atoms with Crippen LogP contribution in [-0.4, -0.2) is 85.3 Å². The second-order valence-electron chi connectivity index (χ2n) is 8.74. The number of aromatic nitrogens is 2. The van der Waals surface area contributed by atoms with E-state index in [1.165, 1.54) is 6.07 Å². The van der Waals surface area contributed by atoms with Gasteiger partial charge in [0, 0.05) is 58.7 Å². The summed E-state index contributed by atoms with van der Waals surface area (Å²) in [6, 6.07) is 6.94. The third-order valence-electron chi connectivity index (χ3n) is 6.27. The fraction of sp³-hybridized carbons (Fsp3) is 0.542. The molecule has 8 nitrogen and oxygen atoms in total. The van der Waals surface area contributed by atoms with Crippen LogP contribution in [0.2, 0.25) is 0 Å². The molecule has 1 N–H and O–H groups in total. The van der Waals surface area contributed by atoms with Crippen LogP contribution in [0.4, 0.5) is 10.1 Å². The minimum absolute atomic E-state index is 0.00220. The molecular formula is C24H33FN6O2. The number of likely N-dealkylation sites (N-methyl/N-ethyl adjacent to an activating group) is 1. The van der Waals surface area contributed by atoms with Crippen LogP contribution < -0.4 is 10.2 Å². The standard InChI is InChI=1S/C24H33FN6O2/c1-29-13-9-19(10-14-29)24-27-23(33-28-24)8-7-22(32)26-11-4-12-30-15-17-31(18-16-30)21-6-3-2-5-20(21)25/h2-3,5-6,9H,4,7-8,10-18H2,1H3,(H,26,32). The Balaban J connectivity index is 1.09. The monoisotopic (exact) mass is 456 g/mol. The highest BCUT2D eigenvalue weighted by atomic mass is 19.1. The number of para-hydroxylation sites is 1. The third-order valence-corrected chi connectivity index (χ3v) is 6.27. The average Bonchev–Trinajstić information content (AvgIpc) is 3.31. The Kier molecular flexibility index (Phi) is 8.06. The number of benzene rings is 1. The van der Waals surface area contributed by atoms with Crippen LogP contribution >= 0.6 is 0 Å². The van der Waals surface area contributed by atoms with Gasteiger partial charge < -0.3 is 19.6 Å². The van der Waals surface area contributed by atoms with E-state index in [1.807, 2.05) is 12.1 Å². The lowest BCUT2D eigenvalue weighted by Gasteiger charge is -2.36. The predicted octanol–water partition coefficient (Wildman–Crippen LogP) is 2.19. The molecule has 3 heterocycles. The molecule has 0 saturated carbocycles. The molecule has 178 valence electrons. The van der Waals surface area contributed by atoms with Gasteiger partial charge in [0.2, 0.25) is 11.8 Å². The van der Waals surface area contributed by atoms with Crippen LogP contribution in [-0.2, 0) is 11.2 Å². The van der Waals surface area contributed by atoms with Gasteiger partial charge in [-0.2, -0.15) is 4.98 Å². The molecule has 1 amide bonds. The highest BCUT2D eigenvalue weighted by molar-refractivity contribution is 5.76. The SMILES string of the molecule is CN1CC=C(c2noc(CCC(=O)NCCCN3CCN(c4ccccc4F)CC3)n2)CC1. The molecule has 1 saturated heterocycles. The normalized spacial score (nSPS) is 17.8. The molecule has 1 aromatic heterocycles. The van der Waals surface area contributed by atoms with E-state index in [-0.39, 0.29) is 11.7 Å². The first-order valence-electron chi connectivity index (χ1n) is 11.8. The van der Waals surface area contributed by atoms with Crippen molar-refractivity contribution in [1.29, 1.82) is 0 Å². The minimum atomic E-state index is -0.163. The zero-order valence-corrected chi connectivity index (χ0v) is 19.3. The Morgan fingerprint density at radius 3 is 2.76 bits per heavy atom. The number of nitrogens with zero attached hydrogens (tertiary/aromatic N) is 5. The van der Waals surface area contributed by atoms with Gasteiger partial charge in [-0.15, -0.1) is 0 Å². The van der Waals surface area contributed by atoms with Crippen LogP contribution in [0.15, 0.2) is 34.9 Å². The van der Waals surface area contributed by atoms with E-state index in [0.29, 0.717) is 36.8 Å². The number of nitrogens with one attached hydrogen (secondary N) is 1. The van der Waals surface area contributed by atoms with Crippen LogP contribution in [0.3, 0.4) is 0 Å². The largest absolute Gasteiger partial charge is 0.367 e. The van der Waals surface area contributed by atoms with E-state index >= 15 is 0 Å². The first-order valence-corrected chi connectivity index (χ1v) is 11.8. The molecule has 0 radical (unpaired) electrons. The molecule has 1 fully saturated rings. The molecule has 0 aliphatic carbocycles. The number of anilines is 1. The van der Waals surface area contributed by atoms with Crippen molar-refractivity contribution in [3.05, 3.63) is 47.9 Å². The van der Waals surface area contributed by atoms with Gasteiger partial charge in [0.05, 0.1) is 5.69 Å². The van der Waals surface area contributed by atoms with Crippen LogP contribution in [0.1, 0.15) is 31.0 Å². The van der Waals surface area contributed by atoms with Gasteiger partial charge in [0.25, 0.3) is 0 Å². The quantitative estimate of drug-likeness (QED) is 0.580. The van der Waals surface area contributed by atoms with Crippen molar-refractivity contribution >= 4 is 17.2 Å². The van der Waals surface area contributed by atoms with Gasteiger partial charge in [0.15, 0.2) is 5.82 Å². The number of rotatable bonds is 9. The Morgan fingerprint density at radius 1 is 1.18 bits per heavy atom. The molecular weight excluding hydrogens is 423 g/mol. The zero-order valence-electron chi connectivity index (χ0n) is 19.3. The Bertz CT molecular complexity index is 954. The van der Waals surface area contributed by atoms with Gasteiger partial charge in [-0.25, -0.2) is 4.39 Å². The lowest BCUT2D eigenvalue weighted by Crippen LogP contribution is -2.47. The number of carbonyl (C=O) groups excluding carboxylic acids is 1. The molecule has 0 unspecified atom stereocenters. The van der Waals surface area contributed by atoms with Gasteiger partial charge in [-0.05, 0) is 44.1 Å². The van der Waals surface area contributed by atoms with Crippen LogP contribution in [0, 0.1) is 5.82 Å². The molecule has 0 atom stereocenters. The van der Waals surface area contributed by atoms with Gasteiger partial charge >= 0.3 is 0 Å². The Labute approximate surface area is 194 Å². The second-order valence-corrected chi connectivity index (χ2v) is 8.74. The van der Waals surface area contributed by atoms with Crippen molar-refractivity contribution in [1.82, 2.24) is 25.3 Å². The molecule has 2 aliphatic rings. The highest BCUT2D eigenvalue weighted by Crippen LogP contribution is 2.20. The molecule has 1 aromatic carbocycles. The fourth-order valence-corrected chi connectivity index (χ4v) is 4.22. The van der Waals surface area contributed by atoms with E-state index in [4.69, 9.17) is 4.52 Å². The van der Waals surface area contributed by atoms with Gasteiger partial charge in [-0.3, -0.25) is 9.69 Å². The van der Waals surface area contributed by atoms with E-state index in [0.717, 1.165) is 64.2 Å². The minimum Gasteiger partial charge on any atom is -0.367 e. The van der Waals surface area contributed by atoms with Crippen molar-refractivity contribution in [3.8, 4) is 0 Å².